The summed E-state index contributed by atoms with van der Waals surface area (Å²) in [5.41, 5.74) is 6.77. The highest BCUT2D eigenvalue weighted by Crippen LogP contribution is 2.19. The molecule has 2 N–H and O–H groups in total. The number of amides is 1. The molecule has 0 saturated heterocycles. The van der Waals surface area contributed by atoms with Crippen LogP contribution in [0.25, 0.3) is 0 Å². The molecule has 0 fully saturated rings. The Balaban J connectivity index is 3.05. The number of hydrazine groups is 1. The van der Waals surface area contributed by atoms with Gasteiger partial charge in [0.25, 0.3) is 5.91 Å². The number of nitrogens with one attached hydrogen (secondary N) is 2. The zero-order valence-corrected chi connectivity index (χ0v) is 9.26. The molecule has 0 aliphatic rings. The van der Waals surface area contributed by atoms with Crippen molar-refractivity contribution in [1.82, 2.24) is 10.9 Å². The maximum absolute atomic E-state index is 11.6. The minimum Gasteiger partial charge on any atom is -0.496 e. The number of methoxy groups -OCH3 is 1. The Morgan fingerprint density at radius 2 is 2.20 bits per heavy atom. The Hall–Kier alpha value is -1.55. The fourth-order valence-corrected chi connectivity index (χ4v) is 1.33. The number of hydrogen-bond acceptors (Lipinski definition) is 3. The highest BCUT2D eigenvalue weighted by Gasteiger charge is 2.11. The summed E-state index contributed by atoms with van der Waals surface area (Å²) in [6.45, 7) is 2.04. The third kappa shape index (κ3) is 2.70. The lowest BCUT2D eigenvalue weighted by molar-refractivity contribution is 0.0935. The van der Waals surface area contributed by atoms with Gasteiger partial charge in [0, 0.05) is 7.05 Å². The first-order chi connectivity index (χ1) is 7.22. The van der Waals surface area contributed by atoms with Crippen LogP contribution in [0.15, 0.2) is 18.2 Å². The van der Waals surface area contributed by atoms with Crippen molar-refractivity contribution in [1.29, 1.82) is 0 Å². The van der Waals surface area contributed by atoms with Crippen molar-refractivity contribution in [2.75, 3.05) is 14.2 Å². The topological polar surface area (TPSA) is 50.4 Å². The van der Waals surface area contributed by atoms with Crippen LogP contribution in [-0.2, 0) is 6.42 Å². The molecule has 0 aliphatic carbocycles. The molecule has 0 radical (unpaired) electrons. The Bertz CT molecular complexity index is 350. The summed E-state index contributed by atoms with van der Waals surface area (Å²) in [5, 5.41) is 0. The molecule has 0 bridgehead atoms. The molecule has 0 aromatic heterocycles. The second kappa shape index (κ2) is 5.36. The summed E-state index contributed by atoms with van der Waals surface area (Å²) in [5.74, 6) is 0.393. The molecule has 0 spiro atoms. The summed E-state index contributed by atoms with van der Waals surface area (Å²) >= 11 is 0. The molecule has 0 atom stereocenters. The fourth-order valence-electron chi connectivity index (χ4n) is 1.33. The van der Waals surface area contributed by atoms with Crippen molar-refractivity contribution >= 4 is 5.91 Å². The molecule has 1 aromatic carbocycles. The van der Waals surface area contributed by atoms with Crippen molar-refractivity contribution in [3.05, 3.63) is 29.3 Å². The van der Waals surface area contributed by atoms with Crippen molar-refractivity contribution in [2.45, 2.75) is 13.3 Å². The lowest BCUT2D eigenvalue weighted by Crippen LogP contribution is -2.34. The van der Waals surface area contributed by atoms with Gasteiger partial charge >= 0.3 is 0 Å². The van der Waals surface area contributed by atoms with Gasteiger partial charge < -0.3 is 4.74 Å². The Morgan fingerprint density at radius 3 is 2.73 bits per heavy atom. The number of rotatable bonds is 4. The third-order valence-corrected chi connectivity index (χ3v) is 2.16. The second-order valence-electron chi connectivity index (χ2n) is 3.09. The van der Waals surface area contributed by atoms with Crippen molar-refractivity contribution in [2.24, 2.45) is 0 Å². The number of carbonyl (C=O) groups is 1. The number of benzene rings is 1. The number of ether oxygens (including phenoxy) is 1. The maximum atomic E-state index is 11.6. The van der Waals surface area contributed by atoms with E-state index in [-0.39, 0.29) is 5.91 Å². The highest BCUT2D eigenvalue weighted by molar-refractivity contribution is 5.96. The van der Waals surface area contributed by atoms with E-state index in [9.17, 15) is 4.79 Å². The highest BCUT2D eigenvalue weighted by atomic mass is 16.5. The van der Waals surface area contributed by atoms with Crippen molar-refractivity contribution < 1.29 is 9.53 Å². The second-order valence-corrected chi connectivity index (χ2v) is 3.09. The normalized spacial score (nSPS) is 9.80. The van der Waals surface area contributed by atoms with Gasteiger partial charge in [0.05, 0.1) is 12.7 Å². The van der Waals surface area contributed by atoms with Gasteiger partial charge in [-0.15, -0.1) is 0 Å². The van der Waals surface area contributed by atoms with Crippen LogP contribution in [0, 0.1) is 0 Å². The van der Waals surface area contributed by atoms with E-state index >= 15 is 0 Å². The quantitative estimate of drug-likeness (QED) is 0.729. The van der Waals surface area contributed by atoms with Gasteiger partial charge in [-0.2, -0.15) is 0 Å². The Kier molecular flexibility index (Phi) is 4.12. The van der Waals surface area contributed by atoms with Crippen LogP contribution < -0.4 is 15.6 Å². The largest absolute Gasteiger partial charge is 0.496 e. The molecule has 0 heterocycles. The van der Waals surface area contributed by atoms with Gasteiger partial charge in [0.15, 0.2) is 0 Å². The lowest BCUT2D eigenvalue weighted by atomic mass is 10.1. The SMILES string of the molecule is CCc1ccc(OC)c(C(=O)NNC)c1. The van der Waals surface area contributed by atoms with E-state index in [4.69, 9.17) is 4.74 Å². The van der Waals surface area contributed by atoms with Crippen LogP contribution >= 0.6 is 0 Å². The van der Waals surface area contributed by atoms with E-state index in [1.54, 1.807) is 14.2 Å². The standard InChI is InChI=1S/C11H16N2O2/c1-4-8-5-6-10(15-3)9(7-8)11(14)13-12-2/h5-7,12H,4H2,1-3H3,(H,13,14). The van der Waals surface area contributed by atoms with E-state index < -0.39 is 0 Å². The van der Waals surface area contributed by atoms with E-state index in [1.165, 1.54) is 0 Å². The summed E-state index contributed by atoms with van der Waals surface area (Å²) in [4.78, 5) is 11.6. The number of aryl methyl sites for hydroxylation is 1. The first-order valence-electron chi connectivity index (χ1n) is 4.87. The van der Waals surface area contributed by atoms with Crippen molar-refractivity contribution in [3.8, 4) is 5.75 Å². The summed E-state index contributed by atoms with van der Waals surface area (Å²) < 4.78 is 5.12. The van der Waals surface area contributed by atoms with Gasteiger partial charge in [-0.05, 0) is 24.1 Å². The van der Waals surface area contributed by atoms with Crippen LogP contribution in [0.1, 0.15) is 22.8 Å². The predicted molar refractivity (Wildman–Crippen MR) is 58.9 cm³/mol. The molecule has 1 aromatic rings. The molecule has 0 aliphatic heterocycles. The predicted octanol–water partition coefficient (Wildman–Crippen LogP) is 1.12. The first-order valence-corrected chi connectivity index (χ1v) is 4.87. The molecule has 0 saturated carbocycles. The maximum Gasteiger partial charge on any atom is 0.269 e. The average molecular weight is 208 g/mol. The zero-order chi connectivity index (χ0) is 11.3. The lowest BCUT2D eigenvalue weighted by Gasteiger charge is -2.09. The summed E-state index contributed by atoms with van der Waals surface area (Å²) in [6, 6.07) is 5.60. The summed E-state index contributed by atoms with van der Waals surface area (Å²) in [7, 11) is 3.20. The van der Waals surface area contributed by atoms with E-state index in [0.29, 0.717) is 11.3 Å². The minimum atomic E-state index is -0.190. The molecule has 1 rings (SSSR count). The number of carbonyl (C=O) groups excluding carboxylic acids is 1. The van der Waals surface area contributed by atoms with E-state index in [1.807, 2.05) is 25.1 Å². The van der Waals surface area contributed by atoms with Gasteiger partial charge in [0.1, 0.15) is 5.75 Å². The molecular formula is C11H16N2O2. The van der Waals surface area contributed by atoms with Gasteiger partial charge in [0.2, 0.25) is 0 Å². The van der Waals surface area contributed by atoms with Gasteiger partial charge in [-0.25, -0.2) is 5.43 Å². The average Bonchev–Trinajstić information content (AvgIpc) is 2.28. The van der Waals surface area contributed by atoms with Gasteiger partial charge in [-0.1, -0.05) is 13.0 Å². The molecule has 1 amide bonds. The molecular weight excluding hydrogens is 192 g/mol. The fraction of sp³-hybridized carbons (Fsp3) is 0.364. The van der Waals surface area contributed by atoms with Gasteiger partial charge in [-0.3, -0.25) is 10.2 Å². The molecule has 15 heavy (non-hydrogen) atoms. The van der Waals surface area contributed by atoms with Crippen LogP contribution in [0.5, 0.6) is 5.75 Å². The molecule has 82 valence electrons. The minimum absolute atomic E-state index is 0.190. The van der Waals surface area contributed by atoms with E-state index in [2.05, 4.69) is 10.9 Å². The number of hydrogen-bond donors (Lipinski definition) is 2. The van der Waals surface area contributed by atoms with Crippen LogP contribution in [0.4, 0.5) is 0 Å². The van der Waals surface area contributed by atoms with Crippen molar-refractivity contribution in [3.63, 3.8) is 0 Å². The Labute approximate surface area is 89.6 Å². The third-order valence-electron chi connectivity index (χ3n) is 2.16. The smallest absolute Gasteiger partial charge is 0.269 e. The Morgan fingerprint density at radius 1 is 1.47 bits per heavy atom. The summed E-state index contributed by atoms with van der Waals surface area (Å²) in [6.07, 6.45) is 0.893. The first kappa shape index (κ1) is 11.5. The van der Waals surface area contributed by atoms with Crippen LogP contribution in [-0.4, -0.2) is 20.1 Å². The van der Waals surface area contributed by atoms with Crippen LogP contribution in [0.2, 0.25) is 0 Å². The van der Waals surface area contributed by atoms with Crippen LogP contribution in [0.3, 0.4) is 0 Å². The molecule has 4 nitrogen and oxygen atoms in total. The molecule has 4 heteroatoms. The van der Waals surface area contributed by atoms with E-state index in [0.717, 1.165) is 12.0 Å². The monoisotopic (exact) mass is 208 g/mol. The zero-order valence-electron chi connectivity index (χ0n) is 9.26. The molecule has 0 unspecified atom stereocenters.